The molecule has 0 N–H and O–H groups in total. The molecule has 1 atom stereocenters. The Labute approximate surface area is 310 Å². The van der Waals surface area contributed by atoms with Crippen LogP contribution in [-0.4, -0.2) is 19.9 Å². The fourth-order valence-electron chi connectivity index (χ4n) is 7.46. The van der Waals surface area contributed by atoms with Gasteiger partial charge in [-0.15, -0.1) is 11.3 Å². The first kappa shape index (κ1) is 31.2. The fourth-order valence-corrected chi connectivity index (χ4v) is 8.46. The average molecular weight is 697 g/mol. The second-order valence-corrected chi connectivity index (χ2v) is 14.6. The van der Waals surface area contributed by atoms with Crippen LogP contribution in [0.25, 0.3) is 94.5 Å². The summed E-state index contributed by atoms with van der Waals surface area (Å²) in [6.45, 7) is 2.19. The van der Waals surface area contributed by atoms with E-state index in [4.69, 9.17) is 19.9 Å². The molecule has 5 heteroatoms. The SMILES string of the molecule is CC1C=C(c2nc(-c3ccccc3)nc(-c3ccccc3)n2)C=c2sc(-c3cccc(-c4ccc5c6ccccc6c6ccccc6c5c4)c3)nc2=C1. The quantitative estimate of drug-likeness (QED) is 0.168. The molecule has 7 aromatic carbocycles. The zero-order valence-electron chi connectivity index (χ0n) is 28.9. The lowest BCUT2D eigenvalue weighted by atomic mass is 9.92. The average Bonchev–Trinajstić information content (AvgIpc) is 3.55. The summed E-state index contributed by atoms with van der Waals surface area (Å²) in [4.78, 5) is 20.1. The lowest BCUT2D eigenvalue weighted by Gasteiger charge is -2.12. The molecule has 10 rings (SSSR count). The lowest BCUT2D eigenvalue weighted by molar-refractivity contribution is 0.984. The van der Waals surface area contributed by atoms with E-state index in [1.807, 2.05) is 60.7 Å². The van der Waals surface area contributed by atoms with Gasteiger partial charge in [-0.1, -0.05) is 159 Å². The van der Waals surface area contributed by atoms with Gasteiger partial charge in [0.1, 0.15) is 5.01 Å². The first-order valence-electron chi connectivity index (χ1n) is 17.9. The van der Waals surface area contributed by atoms with Crippen LogP contribution in [0.4, 0.5) is 0 Å². The highest BCUT2D eigenvalue weighted by atomic mass is 32.1. The van der Waals surface area contributed by atoms with Crippen molar-refractivity contribution in [3.63, 3.8) is 0 Å². The van der Waals surface area contributed by atoms with Crippen LogP contribution in [0.2, 0.25) is 0 Å². The Morgan fingerprint density at radius 1 is 0.415 bits per heavy atom. The summed E-state index contributed by atoms with van der Waals surface area (Å²) < 4.78 is 1.09. The van der Waals surface area contributed by atoms with E-state index in [1.54, 1.807) is 11.3 Å². The van der Waals surface area contributed by atoms with E-state index in [0.717, 1.165) is 37.2 Å². The number of benzene rings is 7. The van der Waals surface area contributed by atoms with Crippen molar-refractivity contribution >= 4 is 61.4 Å². The standard InChI is InChI=1S/C48H32N4S/c1-30-25-36(47-51-45(31-13-4-2-5-14-31)50-46(52-47)32-15-6-3-7-16-32)29-44-43(26-30)49-48(53-44)35-18-12-17-33(27-35)34-23-24-41-39-21-9-8-19-37(39)38-20-10-11-22-40(38)42(41)28-34/h2-30H,1H3. The van der Waals surface area contributed by atoms with Crippen LogP contribution in [0.1, 0.15) is 12.7 Å². The minimum absolute atomic E-state index is 0.129. The van der Waals surface area contributed by atoms with Crippen molar-refractivity contribution in [2.24, 2.45) is 5.92 Å². The molecule has 1 aliphatic rings. The normalized spacial score (nSPS) is 14.0. The smallest absolute Gasteiger partial charge is 0.164 e. The van der Waals surface area contributed by atoms with E-state index in [2.05, 4.69) is 116 Å². The number of allylic oxidation sites excluding steroid dienone is 2. The molecule has 0 fully saturated rings. The number of thiazole rings is 1. The molecule has 1 unspecified atom stereocenters. The maximum Gasteiger partial charge on any atom is 0.164 e. The second-order valence-electron chi connectivity index (χ2n) is 13.5. The Morgan fingerprint density at radius 2 is 0.925 bits per heavy atom. The number of aromatic nitrogens is 4. The molecule has 0 saturated heterocycles. The molecular weight excluding hydrogens is 665 g/mol. The zero-order chi connectivity index (χ0) is 35.3. The Bertz CT molecular complexity index is 2930. The number of hydrogen-bond acceptors (Lipinski definition) is 5. The van der Waals surface area contributed by atoms with Crippen molar-refractivity contribution in [2.45, 2.75) is 6.92 Å². The van der Waals surface area contributed by atoms with E-state index in [0.29, 0.717) is 17.5 Å². The Hall–Kier alpha value is -6.56. The van der Waals surface area contributed by atoms with Gasteiger partial charge in [0.15, 0.2) is 17.5 Å². The third kappa shape index (κ3) is 5.72. The molecule has 53 heavy (non-hydrogen) atoms. The highest BCUT2D eigenvalue weighted by Crippen LogP contribution is 2.37. The third-order valence-corrected chi connectivity index (χ3v) is 11.0. The fraction of sp³-hybridized carbons (Fsp3) is 0.0417. The van der Waals surface area contributed by atoms with Gasteiger partial charge < -0.3 is 0 Å². The molecule has 2 aromatic heterocycles. The summed E-state index contributed by atoms with van der Waals surface area (Å²) in [5, 5.41) is 9.65. The Balaban J connectivity index is 1.06. The summed E-state index contributed by atoms with van der Waals surface area (Å²) in [7, 11) is 0. The van der Waals surface area contributed by atoms with Crippen molar-refractivity contribution in [1.29, 1.82) is 0 Å². The van der Waals surface area contributed by atoms with Gasteiger partial charge in [-0.05, 0) is 67.6 Å². The molecule has 0 spiro atoms. The first-order valence-corrected chi connectivity index (χ1v) is 18.7. The summed E-state index contributed by atoms with van der Waals surface area (Å²) in [5.74, 6) is 2.09. The van der Waals surface area contributed by atoms with Crippen molar-refractivity contribution in [3.05, 3.63) is 173 Å². The van der Waals surface area contributed by atoms with E-state index in [1.165, 1.54) is 43.4 Å². The van der Waals surface area contributed by atoms with Crippen LogP contribution in [0, 0.1) is 5.92 Å². The van der Waals surface area contributed by atoms with Gasteiger partial charge in [0.2, 0.25) is 0 Å². The maximum atomic E-state index is 5.19. The largest absolute Gasteiger partial charge is 0.236 e. The molecule has 250 valence electrons. The van der Waals surface area contributed by atoms with Gasteiger partial charge in [0.25, 0.3) is 0 Å². The topological polar surface area (TPSA) is 51.6 Å². The predicted octanol–water partition coefficient (Wildman–Crippen LogP) is 10.7. The highest BCUT2D eigenvalue weighted by molar-refractivity contribution is 7.13. The minimum atomic E-state index is 0.129. The van der Waals surface area contributed by atoms with Crippen molar-refractivity contribution < 1.29 is 0 Å². The summed E-state index contributed by atoms with van der Waals surface area (Å²) in [6.07, 6.45) is 6.65. The van der Waals surface area contributed by atoms with Crippen LogP contribution in [0.3, 0.4) is 0 Å². The summed E-state index contributed by atoms with van der Waals surface area (Å²) >= 11 is 1.70. The number of nitrogens with zero attached hydrogens (tertiary/aromatic N) is 4. The molecule has 0 saturated carbocycles. The van der Waals surface area contributed by atoms with E-state index >= 15 is 0 Å². The first-order chi connectivity index (χ1) is 26.1. The van der Waals surface area contributed by atoms with Gasteiger partial charge >= 0.3 is 0 Å². The second kappa shape index (κ2) is 12.9. The minimum Gasteiger partial charge on any atom is -0.236 e. The molecular formula is C48H32N4S. The number of fused-ring (bicyclic) bond motifs is 7. The van der Waals surface area contributed by atoms with Crippen molar-refractivity contribution in [2.75, 3.05) is 0 Å². The third-order valence-electron chi connectivity index (χ3n) is 9.98. The summed E-state index contributed by atoms with van der Waals surface area (Å²) in [6, 6.07) is 53.3. The highest BCUT2D eigenvalue weighted by Gasteiger charge is 2.17. The van der Waals surface area contributed by atoms with Crippen LogP contribution < -0.4 is 9.88 Å². The van der Waals surface area contributed by atoms with E-state index < -0.39 is 0 Å². The van der Waals surface area contributed by atoms with Gasteiger partial charge in [-0.25, -0.2) is 19.9 Å². The molecule has 1 aliphatic carbocycles. The van der Waals surface area contributed by atoms with Crippen molar-refractivity contribution in [1.82, 2.24) is 19.9 Å². The molecule has 4 nitrogen and oxygen atoms in total. The predicted molar refractivity (Wildman–Crippen MR) is 222 cm³/mol. The zero-order valence-corrected chi connectivity index (χ0v) is 29.8. The summed E-state index contributed by atoms with van der Waals surface area (Å²) in [5.41, 5.74) is 6.33. The molecule has 0 amide bonds. The Kier molecular flexibility index (Phi) is 7.59. The Morgan fingerprint density at radius 3 is 1.57 bits per heavy atom. The molecule has 9 aromatic rings. The monoisotopic (exact) mass is 696 g/mol. The molecule has 2 heterocycles. The van der Waals surface area contributed by atoms with Crippen LogP contribution in [0.15, 0.2) is 158 Å². The molecule has 0 bridgehead atoms. The van der Waals surface area contributed by atoms with Crippen LogP contribution >= 0.6 is 11.3 Å². The van der Waals surface area contributed by atoms with Gasteiger partial charge in [0, 0.05) is 22.3 Å². The van der Waals surface area contributed by atoms with E-state index in [9.17, 15) is 0 Å². The van der Waals surface area contributed by atoms with E-state index in [-0.39, 0.29) is 5.92 Å². The van der Waals surface area contributed by atoms with Crippen LogP contribution in [-0.2, 0) is 0 Å². The number of hydrogen-bond donors (Lipinski definition) is 0. The molecule has 0 radical (unpaired) electrons. The van der Waals surface area contributed by atoms with Gasteiger partial charge in [0.05, 0.1) is 9.88 Å². The lowest BCUT2D eigenvalue weighted by Crippen LogP contribution is -2.20. The van der Waals surface area contributed by atoms with Crippen LogP contribution in [0.5, 0.6) is 0 Å². The van der Waals surface area contributed by atoms with Gasteiger partial charge in [-0.3, -0.25) is 0 Å². The van der Waals surface area contributed by atoms with Crippen molar-refractivity contribution in [3.8, 4) is 44.5 Å². The maximum absolute atomic E-state index is 5.19. The number of rotatable bonds is 5. The molecule has 0 aliphatic heterocycles. The van der Waals surface area contributed by atoms with Gasteiger partial charge in [-0.2, -0.15) is 0 Å².